The minimum absolute atomic E-state index is 0.0353. The lowest BCUT2D eigenvalue weighted by Gasteiger charge is -2.43. The van der Waals surface area contributed by atoms with Gasteiger partial charge >= 0.3 is 23.9 Å². The number of rotatable bonds is 19. The van der Waals surface area contributed by atoms with Gasteiger partial charge in [-0.15, -0.1) is 0 Å². The van der Waals surface area contributed by atoms with Crippen LogP contribution in [0.2, 0.25) is 0 Å². The maximum atomic E-state index is 12.4. The molecular weight excluding hydrogens is 774 g/mol. The minimum Gasteiger partial charge on any atom is -0.463 e. The molecule has 0 aromatic heterocycles. The number of aliphatic hydroxyl groups excluding tert-OH is 3. The molecule has 17 heteroatoms. The van der Waals surface area contributed by atoms with Gasteiger partial charge in [0, 0.05) is 26.3 Å². The second kappa shape index (κ2) is 25.8. The van der Waals surface area contributed by atoms with E-state index in [2.05, 4.69) is 12.2 Å². The number of unbranched alkanes of at least 4 members (excludes halogenated alkanes) is 5. The summed E-state index contributed by atoms with van der Waals surface area (Å²) in [5.41, 5.74) is -1.24. The largest absolute Gasteiger partial charge is 0.463 e. The molecule has 6 unspecified atom stereocenters. The Bertz CT molecular complexity index is 1300. The molecule has 0 spiro atoms. The van der Waals surface area contributed by atoms with Gasteiger partial charge in [-0.2, -0.15) is 0 Å². The Balaban J connectivity index is 0.000000593. The molecule has 0 radical (unpaired) electrons. The number of hydrogen-bond donors (Lipinski definition) is 4. The van der Waals surface area contributed by atoms with Crippen LogP contribution in [0.1, 0.15) is 129 Å². The van der Waals surface area contributed by atoms with E-state index in [1.807, 2.05) is 13.8 Å². The molecule has 2 rings (SSSR count). The maximum absolute atomic E-state index is 12.4. The van der Waals surface area contributed by atoms with Gasteiger partial charge in [0.05, 0.1) is 31.2 Å². The van der Waals surface area contributed by atoms with Crippen molar-refractivity contribution in [3.8, 4) is 0 Å². The predicted molar refractivity (Wildman–Crippen MR) is 214 cm³/mol. The number of esters is 4. The molecule has 2 aliphatic heterocycles. The van der Waals surface area contributed by atoms with Gasteiger partial charge in [0.2, 0.25) is 0 Å². The van der Waals surface area contributed by atoms with Crippen molar-refractivity contribution >= 4 is 29.8 Å². The van der Waals surface area contributed by atoms with Crippen LogP contribution in [-0.2, 0) is 61.9 Å². The van der Waals surface area contributed by atoms with Crippen LogP contribution in [0, 0.1) is 23.7 Å². The Kier molecular flexibility index (Phi) is 23.6. The van der Waals surface area contributed by atoms with E-state index in [0.29, 0.717) is 6.54 Å². The number of carbonyl (C=O) groups excluding carboxylic acids is 5. The highest BCUT2D eigenvalue weighted by molar-refractivity contribution is 5.81. The van der Waals surface area contributed by atoms with Crippen LogP contribution >= 0.6 is 0 Å². The summed E-state index contributed by atoms with van der Waals surface area (Å²) in [6.07, 6.45) is -3.03. The Morgan fingerprint density at radius 2 is 1.19 bits per heavy atom. The quantitative estimate of drug-likeness (QED) is 0.0824. The SMILES string of the molecule is CC(=O)OCC1O[C@H](OCC(C)C(=O)OC(C)(C)C)C(OC(C)=O)[C@@H](C)[C@@H]1C.CCCCCCCCNC(=O)C1O[C@H](OCC(C)C(=O)OC(C)(C)C)C(O)[C@@H](O)[C@@H]1O. The van der Waals surface area contributed by atoms with Crippen LogP contribution < -0.4 is 5.32 Å². The standard InChI is InChI=1S/C22H41NO8.C20H34O8/c1-6-7-8-9-10-11-12-23-19(27)18-16(25)15(24)17(26)21(30-18)29-13-14(2)20(28)31-22(3,4)5;1-11(18(23)28-20(6,7)8)9-25-19-17(26-15(5)22)13(3)12(2)16(27-19)10-24-14(4)21/h14-18,21,24-26H,6-13H2,1-5H3,(H,23,27);11-13,16-17,19H,9-10H2,1-8H3/t14?,15-,16-,17?,18?,21-;11?,12-,13-,16?,17?,19-/m00/s1. The summed E-state index contributed by atoms with van der Waals surface area (Å²) >= 11 is 0. The highest BCUT2D eigenvalue weighted by Crippen LogP contribution is 2.34. The molecule has 59 heavy (non-hydrogen) atoms. The van der Waals surface area contributed by atoms with Crippen LogP contribution in [0.5, 0.6) is 0 Å². The smallest absolute Gasteiger partial charge is 0.311 e. The number of amides is 1. The van der Waals surface area contributed by atoms with E-state index in [9.17, 15) is 39.3 Å². The molecule has 12 atom stereocenters. The highest BCUT2D eigenvalue weighted by atomic mass is 16.7. The number of nitrogens with one attached hydrogen (secondary N) is 1. The summed E-state index contributed by atoms with van der Waals surface area (Å²) in [4.78, 5) is 59.3. The van der Waals surface area contributed by atoms with Crippen molar-refractivity contribution in [3.05, 3.63) is 0 Å². The molecule has 17 nitrogen and oxygen atoms in total. The molecule has 2 fully saturated rings. The number of hydrogen-bond acceptors (Lipinski definition) is 16. The molecule has 2 heterocycles. The normalized spacial score (nSPS) is 28.2. The van der Waals surface area contributed by atoms with E-state index in [4.69, 9.17) is 37.9 Å². The third kappa shape index (κ3) is 20.5. The van der Waals surface area contributed by atoms with E-state index in [0.717, 1.165) is 19.3 Å². The third-order valence-electron chi connectivity index (χ3n) is 9.56. The molecule has 0 aliphatic carbocycles. The monoisotopic (exact) mass is 850 g/mol. The highest BCUT2D eigenvalue weighted by Gasteiger charge is 2.48. The van der Waals surface area contributed by atoms with Crippen LogP contribution in [-0.4, -0.2) is 132 Å². The van der Waals surface area contributed by atoms with E-state index in [1.54, 1.807) is 55.4 Å². The second-order valence-electron chi connectivity index (χ2n) is 17.6. The molecular formula is C42H75NO16. The van der Waals surface area contributed by atoms with Crippen molar-refractivity contribution in [3.63, 3.8) is 0 Å². The van der Waals surface area contributed by atoms with Crippen molar-refractivity contribution in [2.24, 2.45) is 23.7 Å². The fourth-order valence-electron chi connectivity index (χ4n) is 5.98. The van der Waals surface area contributed by atoms with Crippen molar-refractivity contribution < 1.29 is 77.2 Å². The fraction of sp³-hybridized carbons (Fsp3) is 0.881. The van der Waals surface area contributed by atoms with Crippen molar-refractivity contribution in [1.82, 2.24) is 5.32 Å². The lowest BCUT2D eigenvalue weighted by atomic mass is 9.83. The Morgan fingerprint density at radius 1 is 0.678 bits per heavy atom. The summed E-state index contributed by atoms with van der Waals surface area (Å²) in [5.74, 6) is -3.60. The van der Waals surface area contributed by atoms with Crippen LogP contribution in [0.25, 0.3) is 0 Å². The molecule has 1 amide bonds. The van der Waals surface area contributed by atoms with Gasteiger partial charge in [0.25, 0.3) is 5.91 Å². The van der Waals surface area contributed by atoms with E-state index < -0.39 is 96.1 Å². The first kappa shape index (κ1) is 54.1. The molecule has 4 N–H and O–H groups in total. The van der Waals surface area contributed by atoms with Crippen LogP contribution in [0.15, 0.2) is 0 Å². The van der Waals surface area contributed by atoms with Crippen molar-refractivity contribution in [2.75, 3.05) is 26.4 Å². The Morgan fingerprint density at radius 3 is 1.68 bits per heavy atom. The van der Waals surface area contributed by atoms with Crippen LogP contribution in [0.4, 0.5) is 0 Å². The van der Waals surface area contributed by atoms with Gasteiger partial charge in [-0.25, -0.2) is 0 Å². The molecule has 2 saturated heterocycles. The van der Waals surface area contributed by atoms with E-state index >= 15 is 0 Å². The first-order valence-corrected chi connectivity index (χ1v) is 20.9. The average molecular weight is 850 g/mol. The lowest BCUT2D eigenvalue weighted by Crippen LogP contribution is -2.62. The lowest BCUT2D eigenvalue weighted by molar-refractivity contribution is -0.292. The van der Waals surface area contributed by atoms with Crippen molar-refractivity contribution in [2.45, 2.75) is 189 Å². The Hall–Kier alpha value is -2.93. The van der Waals surface area contributed by atoms with Gasteiger partial charge < -0.3 is 58.5 Å². The van der Waals surface area contributed by atoms with Gasteiger partial charge in [-0.1, -0.05) is 52.9 Å². The third-order valence-corrected chi connectivity index (χ3v) is 9.56. The molecule has 0 saturated carbocycles. The van der Waals surface area contributed by atoms with Gasteiger partial charge in [0.1, 0.15) is 36.1 Å². The minimum atomic E-state index is -1.62. The Labute approximate surface area is 350 Å². The maximum Gasteiger partial charge on any atom is 0.311 e. The van der Waals surface area contributed by atoms with E-state index in [-0.39, 0.29) is 37.6 Å². The van der Waals surface area contributed by atoms with Gasteiger partial charge in [-0.05, 0) is 67.7 Å². The van der Waals surface area contributed by atoms with Crippen LogP contribution in [0.3, 0.4) is 0 Å². The summed E-state index contributed by atoms with van der Waals surface area (Å²) in [5, 5.41) is 33.1. The molecule has 0 bridgehead atoms. The number of ether oxygens (including phenoxy) is 8. The van der Waals surface area contributed by atoms with E-state index in [1.165, 1.54) is 33.1 Å². The number of aliphatic hydroxyl groups is 3. The van der Waals surface area contributed by atoms with Gasteiger partial charge in [-0.3, -0.25) is 24.0 Å². The summed E-state index contributed by atoms with van der Waals surface area (Å²) < 4.78 is 43.8. The van der Waals surface area contributed by atoms with Crippen molar-refractivity contribution in [1.29, 1.82) is 0 Å². The zero-order valence-electron chi connectivity index (χ0n) is 37.6. The fourth-order valence-corrected chi connectivity index (χ4v) is 5.98. The zero-order chi connectivity index (χ0) is 45.2. The summed E-state index contributed by atoms with van der Waals surface area (Å²) in [7, 11) is 0. The number of carbonyl (C=O) groups is 5. The molecule has 0 aromatic rings. The summed E-state index contributed by atoms with van der Waals surface area (Å²) in [6, 6.07) is 0. The first-order valence-electron chi connectivity index (χ1n) is 20.9. The second-order valence-corrected chi connectivity index (χ2v) is 17.6. The summed E-state index contributed by atoms with van der Waals surface area (Å²) in [6.45, 7) is 23.0. The molecule has 2 aliphatic rings. The average Bonchev–Trinajstić information content (AvgIpc) is 3.12. The predicted octanol–water partition coefficient (Wildman–Crippen LogP) is 3.74. The molecule has 344 valence electrons. The topological polar surface area (TPSA) is 232 Å². The molecule has 0 aromatic carbocycles. The van der Waals surface area contributed by atoms with Gasteiger partial charge in [0.15, 0.2) is 24.8 Å². The zero-order valence-corrected chi connectivity index (χ0v) is 37.6. The first-order chi connectivity index (χ1) is 27.3.